The van der Waals surface area contributed by atoms with Gasteiger partial charge >= 0.3 is 6.18 Å². The number of ether oxygens (including phenoxy) is 1. The molecule has 0 saturated carbocycles. The molecule has 0 aliphatic carbocycles. The summed E-state index contributed by atoms with van der Waals surface area (Å²) in [5, 5.41) is 0.481. The van der Waals surface area contributed by atoms with Crippen LogP contribution in [0.2, 0.25) is 5.02 Å². The molecule has 0 saturated heterocycles. The highest BCUT2D eigenvalue weighted by molar-refractivity contribution is 6.33. The van der Waals surface area contributed by atoms with E-state index >= 15 is 0 Å². The number of imidazole rings is 1. The number of H-pyrrole nitrogens is 1. The summed E-state index contributed by atoms with van der Waals surface area (Å²) in [5.74, 6) is 0.684. The first-order valence-electron chi connectivity index (χ1n) is 11.3. The molecule has 5 aromatic rings. The first-order valence-corrected chi connectivity index (χ1v) is 11.7. The Balaban J connectivity index is 1.29. The lowest BCUT2D eigenvalue weighted by Gasteiger charge is -2.29. The monoisotopic (exact) mass is 519 g/mol. The van der Waals surface area contributed by atoms with E-state index in [0.717, 1.165) is 23.2 Å². The number of hydrogen-bond acceptors (Lipinski definition) is 3. The summed E-state index contributed by atoms with van der Waals surface area (Å²) in [5.41, 5.74) is 3.76. The van der Waals surface area contributed by atoms with E-state index < -0.39 is 11.7 Å². The number of benzene rings is 4. The number of rotatable bonds is 3. The molecular weight excluding hydrogens is 503 g/mol. The number of anilines is 1. The second kappa shape index (κ2) is 8.67. The lowest BCUT2D eigenvalue weighted by Crippen LogP contribution is -2.38. The van der Waals surface area contributed by atoms with Crippen molar-refractivity contribution in [2.45, 2.75) is 6.18 Å². The van der Waals surface area contributed by atoms with E-state index in [1.165, 1.54) is 17.0 Å². The zero-order valence-corrected chi connectivity index (χ0v) is 19.8. The molecule has 4 aromatic carbocycles. The first kappa shape index (κ1) is 23.1. The van der Waals surface area contributed by atoms with Gasteiger partial charge in [-0.15, -0.1) is 0 Å². The number of carbonyl (C=O) groups is 1. The topological polar surface area (TPSA) is 58.2 Å². The van der Waals surface area contributed by atoms with Gasteiger partial charge in [0.15, 0.2) is 6.73 Å². The number of para-hydroxylation sites is 2. The molecule has 0 bridgehead atoms. The predicted molar refractivity (Wildman–Crippen MR) is 136 cm³/mol. The quantitative estimate of drug-likeness (QED) is 0.267. The van der Waals surface area contributed by atoms with Crippen LogP contribution in [0.3, 0.4) is 0 Å². The number of fused-ring (bicyclic) bond motifs is 2. The van der Waals surface area contributed by atoms with Gasteiger partial charge in [-0.1, -0.05) is 41.9 Å². The Morgan fingerprint density at radius 3 is 2.41 bits per heavy atom. The van der Waals surface area contributed by atoms with Gasteiger partial charge in [0.05, 0.1) is 27.2 Å². The van der Waals surface area contributed by atoms with Crippen molar-refractivity contribution in [1.29, 1.82) is 0 Å². The minimum atomic E-state index is -4.40. The van der Waals surface area contributed by atoms with Crippen molar-refractivity contribution in [2.75, 3.05) is 11.6 Å². The van der Waals surface area contributed by atoms with E-state index in [9.17, 15) is 18.0 Å². The highest BCUT2D eigenvalue weighted by Crippen LogP contribution is 2.37. The minimum absolute atomic E-state index is 0.0382. The molecule has 0 radical (unpaired) electrons. The summed E-state index contributed by atoms with van der Waals surface area (Å²) in [6.45, 7) is -0.0382. The van der Waals surface area contributed by atoms with Gasteiger partial charge in [-0.05, 0) is 65.7 Å². The molecule has 9 heteroatoms. The van der Waals surface area contributed by atoms with E-state index in [-0.39, 0.29) is 12.6 Å². The Kier molecular flexibility index (Phi) is 5.42. The van der Waals surface area contributed by atoms with Crippen LogP contribution in [0.4, 0.5) is 18.9 Å². The van der Waals surface area contributed by atoms with E-state index in [1.807, 2.05) is 24.3 Å². The molecule has 1 aromatic heterocycles. The molecule has 6 rings (SSSR count). The molecule has 1 aliphatic rings. The molecule has 1 aliphatic heterocycles. The summed E-state index contributed by atoms with van der Waals surface area (Å²) in [7, 11) is 0. The second-order valence-electron chi connectivity index (χ2n) is 8.56. The highest BCUT2D eigenvalue weighted by Gasteiger charge is 2.30. The van der Waals surface area contributed by atoms with Gasteiger partial charge in [0.25, 0.3) is 5.91 Å². The molecule has 0 unspecified atom stereocenters. The van der Waals surface area contributed by atoms with E-state index in [1.54, 1.807) is 36.4 Å². The lowest BCUT2D eigenvalue weighted by atomic mass is 10.0. The Morgan fingerprint density at radius 1 is 0.892 bits per heavy atom. The molecule has 0 atom stereocenters. The largest absolute Gasteiger partial charge is 0.472 e. The molecule has 1 N–H and O–H groups in total. The van der Waals surface area contributed by atoms with Crippen LogP contribution in [-0.2, 0) is 6.18 Å². The highest BCUT2D eigenvalue weighted by atomic mass is 35.5. The van der Waals surface area contributed by atoms with Crippen molar-refractivity contribution in [3.63, 3.8) is 0 Å². The maximum absolute atomic E-state index is 13.4. The van der Waals surface area contributed by atoms with E-state index in [0.29, 0.717) is 44.5 Å². The van der Waals surface area contributed by atoms with Gasteiger partial charge in [0.2, 0.25) is 0 Å². The predicted octanol–water partition coefficient (Wildman–Crippen LogP) is 7.57. The van der Waals surface area contributed by atoms with Gasteiger partial charge in [-0.2, -0.15) is 13.2 Å². The second-order valence-corrected chi connectivity index (χ2v) is 8.97. The average molecular weight is 520 g/mol. The van der Waals surface area contributed by atoms with Crippen molar-refractivity contribution >= 4 is 34.2 Å². The number of amides is 1. The Labute approximate surface area is 214 Å². The van der Waals surface area contributed by atoms with Crippen LogP contribution < -0.4 is 9.64 Å². The fraction of sp³-hybridized carbons (Fsp3) is 0.0714. The van der Waals surface area contributed by atoms with Crippen molar-refractivity contribution in [3.05, 3.63) is 101 Å². The Bertz CT molecular complexity index is 1630. The molecule has 37 heavy (non-hydrogen) atoms. The smallest absolute Gasteiger partial charge is 0.416 e. The third-order valence-electron chi connectivity index (χ3n) is 6.26. The van der Waals surface area contributed by atoms with Gasteiger partial charge < -0.3 is 9.72 Å². The number of hydrogen-bond donors (Lipinski definition) is 1. The van der Waals surface area contributed by atoms with E-state index in [2.05, 4.69) is 9.97 Å². The number of nitrogens with zero attached hydrogens (tertiary/aromatic N) is 2. The third-order valence-corrected chi connectivity index (χ3v) is 6.59. The standard InChI is InChI=1S/C28H17ClF3N3O2/c29-22-12-10-19(14-21(22)26-33-23-3-1-2-4-24(23)34-26)35-15-37-25-13-17(7-11-20(25)27(35)36)16-5-8-18(9-6-16)28(30,31)32/h1-14H,15H2,(H,33,34). The molecule has 5 nitrogen and oxygen atoms in total. The number of aromatic nitrogens is 2. The maximum Gasteiger partial charge on any atom is 0.416 e. The minimum Gasteiger partial charge on any atom is -0.472 e. The van der Waals surface area contributed by atoms with Gasteiger partial charge in [0, 0.05) is 11.3 Å². The fourth-order valence-electron chi connectivity index (χ4n) is 4.32. The van der Waals surface area contributed by atoms with Gasteiger partial charge in [-0.3, -0.25) is 9.69 Å². The maximum atomic E-state index is 13.4. The summed E-state index contributed by atoms with van der Waals surface area (Å²) in [6.07, 6.45) is -4.40. The lowest BCUT2D eigenvalue weighted by molar-refractivity contribution is -0.137. The first-order chi connectivity index (χ1) is 17.8. The zero-order valence-electron chi connectivity index (χ0n) is 19.0. The normalized spacial score (nSPS) is 13.5. The van der Waals surface area contributed by atoms with Gasteiger partial charge in [-0.25, -0.2) is 4.98 Å². The van der Waals surface area contributed by atoms with Crippen molar-refractivity contribution < 1.29 is 22.7 Å². The Hall–Kier alpha value is -4.30. The average Bonchev–Trinajstić information content (AvgIpc) is 3.33. The van der Waals surface area contributed by atoms with Crippen LogP contribution >= 0.6 is 11.6 Å². The van der Waals surface area contributed by atoms with E-state index in [4.69, 9.17) is 16.3 Å². The number of carbonyl (C=O) groups excluding carboxylic acids is 1. The molecule has 2 heterocycles. The molecule has 184 valence electrons. The van der Waals surface area contributed by atoms with Crippen molar-refractivity contribution in [2.24, 2.45) is 0 Å². The van der Waals surface area contributed by atoms with Crippen LogP contribution in [0.25, 0.3) is 33.5 Å². The summed E-state index contributed by atoms with van der Waals surface area (Å²) < 4.78 is 44.5. The van der Waals surface area contributed by atoms with Crippen LogP contribution in [0.5, 0.6) is 5.75 Å². The summed E-state index contributed by atoms with van der Waals surface area (Å²) in [4.78, 5) is 22.7. The van der Waals surface area contributed by atoms with Crippen molar-refractivity contribution in [3.8, 4) is 28.3 Å². The van der Waals surface area contributed by atoms with Crippen LogP contribution in [0.15, 0.2) is 84.9 Å². The fourth-order valence-corrected chi connectivity index (χ4v) is 4.53. The molecule has 0 fully saturated rings. The number of halogens is 4. The van der Waals surface area contributed by atoms with Crippen LogP contribution in [0.1, 0.15) is 15.9 Å². The van der Waals surface area contributed by atoms with Crippen molar-refractivity contribution in [1.82, 2.24) is 9.97 Å². The molecule has 1 amide bonds. The summed E-state index contributed by atoms with van der Waals surface area (Å²) in [6, 6.07) is 22.7. The van der Waals surface area contributed by atoms with Crippen LogP contribution in [0, 0.1) is 0 Å². The number of alkyl halides is 3. The number of aromatic amines is 1. The number of nitrogens with one attached hydrogen (secondary N) is 1. The Morgan fingerprint density at radius 2 is 1.65 bits per heavy atom. The third kappa shape index (κ3) is 4.19. The van der Waals surface area contributed by atoms with Gasteiger partial charge in [0.1, 0.15) is 11.6 Å². The van der Waals surface area contributed by atoms with Crippen LogP contribution in [-0.4, -0.2) is 22.6 Å². The zero-order chi connectivity index (χ0) is 25.7. The molecule has 0 spiro atoms. The SMILES string of the molecule is O=C1c2ccc(-c3ccc(C(F)(F)F)cc3)cc2OCN1c1ccc(Cl)c(-c2nc3ccccc3[nH]2)c1. The molecular formula is C28H17ClF3N3O2. The summed E-state index contributed by atoms with van der Waals surface area (Å²) >= 11 is 6.47.